The minimum atomic E-state index is -0.350. The predicted molar refractivity (Wildman–Crippen MR) is 42.4 cm³/mol. The Kier molecular flexibility index (Phi) is 2.03. The summed E-state index contributed by atoms with van der Waals surface area (Å²) in [5, 5.41) is 2.34. The fourth-order valence-corrected chi connectivity index (χ4v) is 0.992. The van der Waals surface area contributed by atoms with Crippen LogP contribution in [0.3, 0.4) is 0 Å². The van der Waals surface area contributed by atoms with Gasteiger partial charge in [-0.3, -0.25) is 0 Å². The molecule has 4 heteroatoms. The highest BCUT2D eigenvalue weighted by Crippen LogP contribution is 2.18. The van der Waals surface area contributed by atoms with Gasteiger partial charge in [-0.25, -0.2) is 9.95 Å². The normalized spacial score (nSPS) is 13.3. The second kappa shape index (κ2) is 2.82. The molecule has 11 heavy (non-hydrogen) atoms. The van der Waals surface area contributed by atoms with E-state index in [-0.39, 0.29) is 11.5 Å². The van der Waals surface area contributed by atoms with Gasteiger partial charge in [0.05, 0.1) is 5.56 Å². The number of aromatic amines is 1. The van der Waals surface area contributed by atoms with Crippen molar-refractivity contribution in [3.05, 3.63) is 16.0 Å². The lowest BCUT2D eigenvalue weighted by Gasteiger charge is -2.02. The second-order valence-electron chi connectivity index (χ2n) is 2.63. The summed E-state index contributed by atoms with van der Waals surface area (Å²) >= 11 is 0. The summed E-state index contributed by atoms with van der Waals surface area (Å²) in [7, 11) is 0. The number of H-pyrrole nitrogens is 1. The van der Waals surface area contributed by atoms with Crippen molar-refractivity contribution in [2.45, 2.75) is 26.2 Å². The molecule has 0 amide bonds. The van der Waals surface area contributed by atoms with E-state index in [0.29, 0.717) is 11.4 Å². The van der Waals surface area contributed by atoms with Crippen LogP contribution in [0, 0.1) is 0 Å². The number of anilines is 1. The van der Waals surface area contributed by atoms with Crippen molar-refractivity contribution in [2.24, 2.45) is 0 Å². The molecule has 1 aromatic heterocycles. The first kappa shape index (κ1) is 7.91. The van der Waals surface area contributed by atoms with E-state index in [1.807, 2.05) is 13.8 Å². The maximum atomic E-state index is 11.0. The minimum absolute atomic E-state index is 0.164. The molecule has 3 N–H and O–H groups in total. The van der Waals surface area contributed by atoms with Crippen molar-refractivity contribution >= 4 is 5.82 Å². The zero-order valence-electron chi connectivity index (χ0n) is 6.68. The Morgan fingerprint density at radius 1 is 1.73 bits per heavy atom. The molecule has 0 saturated heterocycles. The Morgan fingerprint density at radius 2 is 2.36 bits per heavy atom. The number of nitrogen functional groups attached to an aromatic ring is 1. The molecule has 0 aliphatic rings. The molecule has 0 unspecified atom stereocenters. The summed E-state index contributed by atoms with van der Waals surface area (Å²) in [6.07, 6.45) is 0.882. The first-order chi connectivity index (χ1) is 5.16. The molecule has 0 aromatic carbocycles. The molecular formula is C7H12N2O2. The lowest BCUT2D eigenvalue weighted by atomic mass is 10.0. The summed E-state index contributed by atoms with van der Waals surface area (Å²) in [6, 6.07) is 0. The molecule has 0 radical (unpaired) electrons. The number of aromatic nitrogens is 1. The third-order valence-corrected chi connectivity index (χ3v) is 1.87. The quantitative estimate of drug-likeness (QED) is 0.672. The molecular weight excluding hydrogens is 144 g/mol. The summed E-state index contributed by atoms with van der Waals surface area (Å²) in [5.41, 5.74) is 5.68. The van der Waals surface area contributed by atoms with Crippen LogP contribution in [0.4, 0.5) is 5.82 Å². The Labute approximate surface area is 64.4 Å². The number of hydrogen-bond donors (Lipinski definition) is 2. The Bertz CT molecular complexity index is 287. The van der Waals surface area contributed by atoms with E-state index >= 15 is 0 Å². The van der Waals surface area contributed by atoms with E-state index in [1.165, 1.54) is 0 Å². The molecule has 1 aromatic rings. The van der Waals surface area contributed by atoms with E-state index in [9.17, 15) is 4.79 Å². The predicted octanol–water partition coefficient (Wildman–Crippen LogP) is 1.06. The van der Waals surface area contributed by atoms with Crippen molar-refractivity contribution in [1.29, 1.82) is 0 Å². The highest BCUT2D eigenvalue weighted by Gasteiger charge is 2.14. The van der Waals surface area contributed by atoms with Gasteiger partial charge < -0.3 is 10.3 Å². The second-order valence-corrected chi connectivity index (χ2v) is 2.63. The lowest BCUT2D eigenvalue weighted by molar-refractivity contribution is 0.391. The molecule has 0 fully saturated rings. The molecule has 0 saturated carbocycles. The highest BCUT2D eigenvalue weighted by molar-refractivity contribution is 5.37. The van der Waals surface area contributed by atoms with Crippen LogP contribution in [0.25, 0.3) is 0 Å². The SMILES string of the molecule is CC[C@@H](C)c1c(N)[nH]oc1=O. The fraction of sp³-hybridized carbons (Fsp3) is 0.571. The van der Waals surface area contributed by atoms with Crippen molar-refractivity contribution in [1.82, 2.24) is 5.16 Å². The van der Waals surface area contributed by atoms with Crippen LogP contribution < -0.4 is 11.4 Å². The molecule has 1 heterocycles. The van der Waals surface area contributed by atoms with Gasteiger partial charge in [0.2, 0.25) is 0 Å². The third-order valence-electron chi connectivity index (χ3n) is 1.87. The zero-order chi connectivity index (χ0) is 8.43. The van der Waals surface area contributed by atoms with Crippen molar-refractivity contribution < 1.29 is 4.52 Å². The molecule has 0 aliphatic carbocycles. The van der Waals surface area contributed by atoms with Gasteiger partial charge in [0.25, 0.3) is 0 Å². The van der Waals surface area contributed by atoms with Crippen LogP contribution in [0.5, 0.6) is 0 Å². The zero-order valence-corrected chi connectivity index (χ0v) is 6.68. The van der Waals surface area contributed by atoms with E-state index < -0.39 is 0 Å². The van der Waals surface area contributed by atoms with Gasteiger partial charge in [0.1, 0.15) is 5.82 Å². The standard InChI is InChI=1S/C7H12N2O2/c1-3-4(2)5-6(8)9-11-7(5)10/h4,9H,3,8H2,1-2H3/t4-/m1/s1. The third kappa shape index (κ3) is 1.29. The molecule has 1 rings (SSSR count). The smallest absolute Gasteiger partial charge is 0.362 e. The molecule has 0 aliphatic heterocycles. The monoisotopic (exact) mass is 156 g/mol. The summed E-state index contributed by atoms with van der Waals surface area (Å²) in [6.45, 7) is 3.94. The molecule has 0 spiro atoms. The molecule has 62 valence electrons. The van der Waals surface area contributed by atoms with E-state index in [0.717, 1.165) is 6.42 Å². The van der Waals surface area contributed by atoms with Crippen molar-refractivity contribution in [3.63, 3.8) is 0 Å². The maximum Gasteiger partial charge on any atom is 0.362 e. The average molecular weight is 156 g/mol. The largest absolute Gasteiger partial charge is 0.383 e. The average Bonchev–Trinajstić information content (AvgIpc) is 2.30. The van der Waals surface area contributed by atoms with Gasteiger partial charge >= 0.3 is 5.63 Å². The van der Waals surface area contributed by atoms with Gasteiger partial charge in [-0.1, -0.05) is 13.8 Å². The van der Waals surface area contributed by atoms with Gasteiger partial charge in [-0.05, 0) is 12.3 Å². The first-order valence-electron chi connectivity index (χ1n) is 3.63. The molecule has 0 bridgehead atoms. The number of hydrogen-bond acceptors (Lipinski definition) is 3. The van der Waals surface area contributed by atoms with Crippen LogP contribution in [-0.4, -0.2) is 5.16 Å². The van der Waals surface area contributed by atoms with E-state index in [4.69, 9.17) is 5.73 Å². The highest BCUT2D eigenvalue weighted by atomic mass is 16.5. The fourth-order valence-electron chi connectivity index (χ4n) is 0.992. The Morgan fingerprint density at radius 3 is 2.73 bits per heavy atom. The van der Waals surface area contributed by atoms with Crippen LogP contribution in [0.1, 0.15) is 31.7 Å². The van der Waals surface area contributed by atoms with Crippen molar-refractivity contribution in [2.75, 3.05) is 5.73 Å². The van der Waals surface area contributed by atoms with Gasteiger partial charge in [-0.15, -0.1) is 0 Å². The van der Waals surface area contributed by atoms with Crippen LogP contribution in [-0.2, 0) is 0 Å². The lowest BCUT2D eigenvalue weighted by Crippen LogP contribution is -2.07. The summed E-state index contributed by atoms with van der Waals surface area (Å²) in [4.78, 5) is 11.0. The summed E-state index contributed by atoms with van der Waals surface area (Å²) in [5.74, 6) is 0.516. The van der Waals surface area contributed by atoms with Gasteiger partial charge in [0.15, 0.2) is 0 Å². The van der Waals surface area contributed by atoms with Crippen molar-refractivity contribution in [3.8, 4) is 0 Å². The van der Waals surface area contributed by atoms with Gasteiger partial charge in [0, 0.05) is 0 Å². The number of nitrogens with one attached hydrogen (secondary N) is 1. The Hall–Kier alpha value is -1.19. The number of rotatable bonds is 2. The maximum absolute atomic E-state index is 11.0. The number of nitrogens with two attached hydrogens (primary N) is 1. The van der Waals surface area contributed by atoms with E-state index in [1.54, 1.807) is 0 Å². The summed E-state index contributed by atoms with van der Waals surface area (Å²) < 4.78 is 4.51. The van der Waals surface area contributed by atoms with E-state index in [2.05, 4.69) is 9.68 Å². The molecule has 4 nitrogen and oxygen atoms in total. The minimum Gasteiger partial charge on any atom is -0.383 e. The van der Waals surface area contributed by atoms with Crippen LogP contribution in [0.15, 0.2) is 9.32 Å². The van der Waals surface area contributed by atoms with Crippen LogP contribution in [0.2, 0.25) is 0 Å². The Balaban J connectivity index is 3.10. The van der Waals surface area contributed by atoms with Gasteiger partial charge in [-0.2, -0.15) is 0 Å². The molecule has 1 atom stereocenters. The first-order valence-corrected chi connectivity index (χ1v) is 3.63. The van der Waals surface area contributed by atoms with Crippen LogP contribution >= 0.6 is 0 Å². The topological polar surface area (TPSA) is 72.0 Å².